The number of amides is 6. The zero-order valence-corrected chi connectivity index (χ0v) is 35.9. The van der Waals surface area contributed by atoms with Crippen LogP contribution in [0.15, 0.2) is 127 Å². The molecule has 0 saturated heterocycles. The lowest BCUT2D eigenvalue weighted by Gasteiger charge is -2.27. The van der Waals surface area contributed by atoms with Crippen LogP contribution in [-0.4, -0.2) is 82.5 Å². The van der Waals surface area contributed by atoms with Gasteiger partial charge in [-0.3, -0.25) is 33.6 Å². The Labute approximate surface area is 371 Å². The van der Waals surface area contributed by atoms with Crippen LogP contribution in [-0.2, 0) is 46.4 Å². The van der Waals surface area contributed by atoms with Crippen molar-refractivity contribution in [2.75, 3.05) is 11.9 Å². The number of hydrogen-bond donors (Lipinski definition) is 7. The van der Waals surface area contributed by atoms with Crippen molar-refractivity contribution in [1.29, 1.82) is 0 Å². The topological polar surface area (TPSA) is 212 Å². The molecule has 1 aliphatic heterocycles. The fraction of sp³-hybridized carbons (Fsp3) is 0.312. The van der Waals surface area contributed by atoms with Gasteiger partial charge in [-0.05, 0) is 66.0 Å². The molecule has 0 fully saturated rings. The largest absolute Gasteiger partial charge is 0.481 e. The third kappa shape index (κ3) is 16.2. The number of thioether (sulfide) groups is 1. The van der Waals surface area contributed by atoms with Crippen LogP contribution in [0.1, 0.15) is 56.6 Å². The summed E-state index contributed by atoms with van der Waals surface area (Å²) in [5.41, 5.74) is 3.99. The summed E-state index contributed by atoms with van der Waals surface area (Å²) >= 11 is 1.54. The van der Waals surface area contributed by atoms with Gasteiger partial charge in [0.2, 0.25) is 35.4 Å². The van der Waals surface area contributed by atoms with Crippen LogP contribution in [0, 0.1) is 0 Å². The number of para-hydroxylation sites is 1. The molecular formula is C48H54N6O8S. The quantitative estimate of drug-likeness (QED) is 0.0505. The van der Waals surface area contributed by atoms with E-state index in [2.05, 4.69) is 31.9 Å². The highest BCUT2D eigenvalue weighted by Gasteiger charge is 2.32. The number of nitrogens with one attached hydrogen (secondary N) is 6. The van der Waals surface area contributed by atoms with E-state index in [0.717, 1.165) is 16.7 Å². The first kappa shape index (κ1) is 47.3. The summed E-state index contributed by atoms with van der Waals surface area (Å²) in [5, 5.41) is 27.4. The van der Waals surface area contributed by atoms with Crippen molar-refractivity contribution in [1.82, 2.24) is 26.6 Å². The minimum absolute atomic E-state index is 0.0180. The molecule has 63 heavy (non-hydrogen) atoms. The molecule has 0 radical (unpaired) electrons. The highest BCUT2D eigenvalue weighted by Crippen LogP contribution is 2.28. The Morgan fingerprint density at radius 1 is 0.603 bits per heavy atom. The number of allylic oxidation sites excluding steroid dienone is 1. The van der Waals surface area contributed by atoms with Crippen molar-refractivity contribution in [2.24, 2.45) is 0 Å². The number of aliphatic carboxylic acids is 1. The van der Waals surface area contributed by atoms with E-state index < -0.39 is 59.7 Å². The second-order valence-corrected chi connectivity index (χ2v) is 16.4. The number of anilines is 1. The third-order valence-corrected chi connectivity index (χ3v) is 11.3. The van der Waals surface area contributed by atoms with Gasteiger partial charge >= 0.3 is 5.97 Å². The molecule has 0 aliphatic carbocycles. The van der Waals surface area contributed by atoms with E-state index >= 15 is 0 Å². The molecule has 1 aliphatic rings. The number of rotatable bonds is 23. The van der Waals surface area contributed by atoms with Crippen molar-refractivity contribution in [3.05, 3.63) is 138 Å². The molecule has 14 nitrogen and oxygen atoms in total. The van der Waals surface area contributed by atoms with Crippen molar-refractivity contribution in [3.63, 3.8) is 0 Å². The Morgan fingerprint density at radius 2 is 1.14 bits per heavy atom. The van der Waals surface area contributed by atoms with Crippen LogP contribution in [0.4, 0.5) is 5.69 Å². The van der Waals surface area contributed by atoms with Gasteiger partial charge in [-0.25, -0.2) is 0 Å². The number of carbonyl (C=O) groups excluding carboxylic acids is 6. The summed E-state index contributed by atoms with van der Waals surface area (Å²) in [5.74, 6) is -4.31. The van der Waals surface area contributed by atoms with Crippen LogP contribution in [0.3, 0.4) is 0 Å². The van der Waals surface area contributed by atoms with Gasteiger partial charge in [-0.1, -0.05) is 109 Å². The average Bonchev–Trinajstić information content (AvgIpc) is 3.80. The number of benzene rings is 4. The molecule has 15 heteroatoms. The fourth-order valence-electron chi connectivity index (χ4n) is 6.81. The molecule has 4 aromatic carbocycles. The number of carboxylic acid groups (broad SMARTS) is 1. The number of carbonyl (C=O) groups is 7. The maximum absolute atomic E-state index is 14.5. The maximum atomic E-state index is 14.5. The molecule has 5 rings (SSSR count). The lowest BCUT2D eigenvalue weighted by molar-refractivity contribution is -0.137. The molecule has 0 saturated carbocycles. The minimum atomic E-state index is -1.22. The summed E-state index contributed by atoms with van der Waals surface area (Å²) in [6.45, 7) is 1.58. The zero-order valence-electron chi connectivity index (χ0n) is 35.1. The van der Waals surface area contributed by atoms with Crippen LogP contribution >= 0.6 is 11.8 Å². The average molecular weight is 875 g/mol. The van der Waals surface area contributed by atoms with Crippen molar-refractivity contribution >= 4 is 58.9 Å². The highest BCUT2D eigenvalue weighted by atomic mass is 32.2. The second kappa shape index (κ2) is 24.6. The Kier molecular flexibility index (Phi) is 18.5. The summed E-state index contributed by atoms with van der Waals surface area (Å²) < 4.78 is 0. The highest BCUT2D eigenvalue weighted by molar-refractivity contribution is 8.03. The Bertz CT molecular complexity index is 2180. The van der Waals surface area contributed by atoms with E-state index in [1.54, 1.807) is 48.5 Å². The number of carboxylic acids is 1. The van der Waals surface area contributed by atoms with E-state index in [1.807, 2.05) is 78.2 Å². The van der Waals surface area contributed by atoms with Gasteiger partial charge in [0.1, 0.15) is 24.2 Å². The predicted molar refractivity (Wildman–Crippen MR) is 243 cm³/mol. The molecule has 1 heterocycles. The normalized spacial score (nSPS) is 14.8. The molecule has 330 valence electrons. The second-order valence-electron chi connectivity index (χ2n) is 15.2. The summed E-state index contributed by atoms with van der Waals surface area (Å²) in [7, 11) is 0. The van der Waals surface area contributed by atoms with Crippen LogP contribution in [0.2, 0.25) is 0 Å². The van der Waals surface area contributed by atoms with E-state index in [0.29, 0.717) is 17.7 Å². The van der Waals surface area contributed by atoms with Gasteiger partial charge < -0.3 is 37.0 Å². The fourth-order valence-corrected chi connectivity index (χ4v) is 7.78. The zero-order chi connectivity index (χ0) is 45.0. The lowest BCUT2D eigenvalue weighted by atomic mass is 9.99. The summed E-state index contributed by atoms with van der Waals surface area (Å²) in [6.07, 6.45) is 2.79. The van der Waals surface area contributed by atoms with Gasteiger partial charge in [-0.2, -0.15) is 0 Å². The van der Waals surface area contributed by atoms with Gasteiger partial charge in [0.05, 0.1) is 0 Å². The molecule has 4 aromatic rings. The van der Waals surface area contributed by atoms with E-state index in [9.17, 15) is 33.6 Å². The first-order valence-electron chi connectivity index (χ1n) is 21.0. The van der Waals surface area contributed by atoms with Crippen molar-refractivity contribution < 1.29 is 38.7 Å². The maximum Gasteiger partial charge on any atom is 0.303 e. The monoisotopic (exact) mass is 874 g/mol. The van der Waals surface area contributed by atoms with Crippen LogP contribution in [0.25, 0.3) is 11.1 Å². The Balaban J connectivity index is 1.34. The smallest absolute Gasteiger partial charge is 0.303 e. The first-order valence-corrected chi connectivity index (χ1v) is 21.9. The summed E-state index contributed by atoms with van der Waals surface area (Å²) in [6, 6.07) is 30.7. The predicted octanol–water partition coefficient (Wildman–Crippen LogP) is 4.91. The molecule has 0 spiro atoms. The van der Waals surface area contributed by atoms with Gasteiger partial charge in [-0.15, -0.1) is 11.8 Å². The van der Waals surface area contributed by atoms with Gasteiger partial charge in [0.25, 0.3) is 0 Å². The Hall–Kier alpha value is -6.74. The molecule has 0 aromatic heterocycles. The SMILES string of the molecule is C[C@H](NC(=O)[C@@H](Cc1ccccc1)NC(=O)[C@H](Cc1ccc(-c2ccccc2)cc1)NC(=O)[C@@H](CC1CC=CS1)NC(=O)CCC(=O)Nc1ccccc1)C(=O)NCCCC(=O)O. The van der Waals surface area contributed by atoms with Crippen LogP contribution < -0.4 is 31.9 Å². The molecule has 7 N–H and O–H groups in total. The van der Waals surface area contributed by atoms with E-state index in [-0.39, 0.29) is 62.6 Å². The molecule has 1 unspecified atom stereocenters. The van der Waals surface area contributed by atoms with Gasteiger partial charge in [0.15, 0.2) is 0 Å². The first-order chi connectivity index (χ1) is 30.4. The molecule has 5 atom stereocenters. The Morgan fingerprint density at radius 3 is 1.75 bits per heavy atom. The van der Waals surface area contributed by atoms with Gasteiger partial charge in [0, 0.05) is 49.6 Å². The van der Waals surface area contributed by atoms with Crippen molar-refractivity contribution in [2.45, 2.75) is 87.7 Å². The third-order valence-electron chi connectivity index (χ3n) is 10.2. The van der Waals surface area contributed by atoms with Crippen LogP contribution in [0.5, 0.6) is 0 Å². The molecule has 0 bridgehead atoms. The standard InChI is InChI=1S/C48H54N6O8S/c1-32(45(59)49-27-11-20-44(57)58)50-46(60)39(29-33-13-5-2-6-14-33)53-47(61)40(30-34-21-23-36(24-22-34)35-15-7-3-8-16-35)54-48(62)41(31-38-19-12-28-63-38)52-43(56)26-25-42(55)51-37-17-9-4-10-18-37/h2-10,12-18,21-24,28,32,38-41H,11,19-20,25-27,29-31H2,1H3,(H,49,59)(H,50,60)(H,51,55)(H,52,56)(H,53,61)(H,54,62)(H,57,58)/t32-,38?,39+,40-,41+/m0/s1. The molecule has 6 amide bonds. The number of hydrogen-bond acceptors (Lipinski definition) is 8. The summed E-state index contributed by atoms with van der Waals surface area (Å²) in [4.78, 5) is 92.3. The van der Waals surface area contributed by atoms with E-state index in [4.69, 9.17) is 5.11 Å². The van der Waals surface area contributed by atoms with Crippen molar-refractivity contribution in [3.8, 4) is 11.1 Å². The minimum Gasteiger partial charge on any atom is -0.481 e. The molecular weight excluding hydrogens is 821 g/mol. The lowest BCUT2D eigenvalue weighted by Crippen LogP contribution is -2.59. The van der Waals surface area contributed by atoms with E-state index in [1.165, 1.54) is 18.7 Å².